The molecule has 2 aliphatic heterocycles. The summed E-state index contributed by atoms with van der Waals surface area (Å²) in [6.45, 7) is 6.72. The molecule has 0 aliphatic carbocycles. The second kappa shape index (κ2) is 9.36. The van der Waals surface area contributed by atoms with Crippen molar-refractivity contribution in [3.05, 3.63) is 36.2 Å². The predicted molar refractivity (Wildman–Crippen MR) is 146 cm³/mol. The Kier molecular flexibility index (Phi) is 6.37. The van der Waals surface area contributed by atoms with Gasteiger partial charge >= 0.3 is 0 Å². The number of anilines is 5. The maximum atomic E-state index is 12.6. The summed E-state index contributed by atoms with van der Waals surface area (Å²) >= 11 is 0. The molecule has 0 spiro atoms. The molecule has 4 N–H and O–H groups in total. The Bertz CT molecular complexity index is 1390. The topological polar surface area (TPSA) is 129 Å². The van der Waals surface area contributed by atoms with Crippen molar-refractivity contribution < 1.29 is 8.42 Å². The van der Waals surface area contributed by atoms with Crippen LogP contribution in [0.3, 0.4) is 0 Å². The third-order valence-corrected chi connectivity index (χ3v) is 9.34. The molecular formula is C25H34N8O2S. The molecule has 3 aromatic rings. The molecule has 11 heteroatoms. The van der Waals surface area contributed by atoms with Crippen molar-refractivity contribution in [1.29, 1.82) is 0 Å². The maximum Gasteiger partial charge on any atom is 0.226 e. The normalized spacial score (nSPS) is 19.9. The zero-order valence-corrected chi connectivity index (χ0v) is 22.0. The van der Waals surface area contributed by atoms with E-state index in [0.717, 1.165) is 27.7 Å². The number of fused-ring (bicyclic) bond motifs is 1. The number of aromatic nitrogens is 3. The van der Waals surface area contributed by atoms with Crippen LogP contribution < -0.4 is 26.2 Å². The van der Waals surface area contributed by atoms with Crippen LogP contribution >= 0.6 is 0 Å². The number of nitrogens with zero attached hydrogens (tertiary/aromatic N) is 5. The van der Waals surface area contributed by atoms with Crippen LogP contribution in [0, 0.1) is 5.92 Å². The highest BCUT2D eigenvalue weighted by Gasteiger charge is 2.42. The lowest BCUT2D eigenvalue weighted by Crippen LogP contribution is -2.59. The van der Waals surface area contributed by atoms with Gasteiger partial charge in [-0.05, 0) is 35.1 Å². The molecule has 0 radical (unpaired) electrons. The van der Waals surface area contributed by atoms with Gasteiger partial charge in [-0.2, -0.15) is 4.98 Å². The molecule has 2 fully saturated rings. The molecule has 4 heterocycles. The molecular weight excluding hydrogens is 476 g/mol. The molecule has 36 heavy (non-hydrogen) atoms. The number of hydrogen-bond donors (Lipinski definition) is 3. The van der Waals surface area contributed by atoms with Gasteiger partial charge in [0.15, 0.2) is 9.84 Å². The number of sulfone groups is 1. The van der Waals surface area contributed by atoms with Gasteiger partial charge in [-0.25, -0.2) is 18.4 Å². The summed E-state index contributed by atoms with van der Waals surface area (Å²) in [7, 11) is 0.742. The van der Waals surface area contributed by atoms with E-state index in [0.29, 0.717) is 43.8 Å². The van der Waals surface area contributed by atoms with E-state index in [1.165, 1.54) is 0 Å². The summed E-state index contributed by atoms with van der Waals surface area (Å²) in [6.07, 6.45) is 3.59. The van der Waals surface area contributed by atoms with Crippen molar-refractivity contribution in [3.63, 3.8) is 0 Å². The van der Waals surface area contributed by atoms with E-state index in [-0.39, 0.29) is 22.8 Å². The quantitative estimate of drug-likeness (QED) is 0.425. The molecule has 1 aromatic carbocycles. The van der Waals surface area contributed by atoms with Crippen molar-refractivity contribution >= 4 is 49.6 Å². The second-order valence-electron chi connectivity index (χ2n) is 10.2. The van der Waals surface area contributed by atoms with E-state index in [1.54, 1.807) is 12.3 Å². The fourth-order valence-corrected chi connectivity index (χ4v) is 7.08. The monoisotopic (exact) mass is 510 g/mol. The first-order chi connectivity index (χ1) is 17.1. The molecule has 192 valence electrons. The lowest BCUT2D eigenvalue weighted by Gasteiger charge is -2.46. The molecule has 2 aliphatic rings. The number of benzene rings is 1. The fraction of sp³-hybridized carbons (Fsp3) is 0.480. The molecule has 1 atom stereocenters. The van der Waals surface area contributed by atoms with Crippen LogP contribution in [0.15, 0.2) is 30.6 Å². The molecule has 0 amide bonds. The minimum Gasteiger partial charge on any atom is -0.398 e. The third kappa shape index (κ3) is 4.53. The number of hydrogen-bond acceptors (Lipinski definition) is 10. The number of nitrogen functional groups attached to an aromatic ring is 1. The predicted octanol–water partition coefficient (Wildman–Crippen LogP) is 2.36. The van der Waals surface area contributed by atoms with Crippen LogP contribution in [-0.2, 0) is 9.84 Å². The van der Waals surface area contributed by atoms with E-state index in [1.807, 2.05) is 37.3 Å². The lowest BCUT2D eigenvalue weighted by atomic mass is 9.90. The van der Waals surface area contributed by atoms with Crippen molar-refractivity contribution in [2.24, 2.45) is 5.92 Å². The van der Waals surface area contributed by atoms with Crippen LogP contribution in [0.1, 0.15) is 25.3 Å². The van der Waals surface area contributed by atoms with E-state index in [9.17, 15) is 8.42 Å². The highest BCUT2D eigenvalue weighted by atomic mass is 32.2. The summed E-state index contributed by atoms with van der Waals surface area (Å²) in [4.78, 5) is 17.5. The molecule has 2 aromatic heterocycles. The SMILES string of the molecule is CC(C)c1c(N)cc(N2CC(C3CNCCS3(=O)=O)C2)c2cnc(Nc3ccnc(N(C)C)n3)cc12. The Labute approximate surface area is 212 Å². The maximum absolute atomic E-state index is 12.6. The highest BCUT2D eigenvalue weighted by Crippen LogP contribution is 2.41. The molecule has 5 rings (SSSR count). The molecule has 10 nitrogen and oxygen atoms in total. The average Bonchev–Trinajstić information content (AvgIpc) is 2.78. The number of pyridine rings is 1. The Morgan fingerprint density at radius 3 is 2.64 bits per heavy atom. The van der Waals surface area contributed by atoms with Gasteiger partial charge < -0.3 is 26.2 Å². The Balaban J connectivity index is 1.47. The van der Waals surface area contributed by atoms with Crippen LogP contribution in [-0.4, -0.2) is 74.6 Å². The van der Waals surface area contributed by atoms with Gasteiger partial charge in [-0.1, -0.05) is 13.8 Å². The summed E-state index contributed by atoms with van der Waals surface area (Å²) in [5.41, 5.74) is 9.39. The van der Waals surface area contributed by atoms with Gasteiger partial charge in [-0.3, -0.25) is 0 Å². The van der Waals surface area contributed by atoms with E-state index < -0.39 is 9.84 Å². The first-order valence-electron chi connectivity index (χ1n) is 12.3. The van der Waals surface area contributed by atoms with E-state index in [4.69, 9.17) is 5.73 Å². The Morgan fingerprint density at radius 1 is 1.17 bits per heavy atom. The summed E-state index contributed by atoms with van der Waals surface area (Å²) in [5.74, 6) is 2.49. The minimum absolute atomic E-state index is 0.112. The van der Waals surface area contributed by atoms with Crippen LogP contribution in [0.5, 0.6) is 0 Å². The number of nitrogens with one attached hydrogen (secondary N) is 2. The van der Waals surface area contributed by atoms with Gasteiger partial charge in [0.05, 0.1) is 11.0 Å². The lowest BCUT2D eigenvalue weighted by molar-refractivity contribution is 0.368. The summed E-state index contributed by atoms with van der Waals surface area (Å²) in [5, 5.41) is 8.26. The van der Waals surface area contributed by atoms with Crippen LogP contribution in [0.4, 0.5) is 29.0 Å². The van der Waals surface area contributed by atoms with Crippen molar-refractivity contribution in [2.75, 3.05) is 66.9 Å². The van der Waals surface area contributed by atoms with Crippen molar-refractivity contribution in [1.82, 2.24) is 20.3 Å². The average molecular weight is 511 g/mol. The van der Waals surface area contributed by atoms with Gasteiger partial charge in [0, 0.05) is 75.3 Å². The Hall–Kier alpha value is -3.18. The van der Waals surface area contributed by atoms with Crippen molar-refractivity contribution in [3.8, 4) is 0 Å². The third-order valence-electron chi connectivity index (χ3n) is 7.10. The molecule has 2 saturated heterocycles. The molecule has 0 saturated carbocycles. The molecule has 1 unspecified atom stereocenters. The Morgan fingerprint density at radius 2 is 1.94 bits per heavy atom. The minimum atomic E-state index is -3.05. The van der Waals surface area contributed by atoms with Gasteiger partial charge in [-0.15, -0.1) is 0 Å². The van der Waals surface area contributed by atoms with E-state index in [2.05, 4.69) is 44.3 Å². The van der Waals surface area contributed by atoms with E-state index >= 15 is 0 Å². The van der Waals surface area contributed by atoms with Gasteiger partial charge in [0.2, 0.25) is 5.95 Å². The highest BCUT2D eigenvalue weighted by molar-refractivity contribution is 7.92. The van der Waals surface area contributed by atoms with Crippen LogP contribution in [0.2, 0.25) is 0 Å². The standard InChI is InChI=1S/C25H34N8O2S/c1-15(2)24-17-9-23(30-22-5-6-28-25(31-22)32(3)4)29-11-18(17)20(10-19(24)26)33-13-16(14-33)21-12-27-7-8-36(21,34)35/h5-6,9-11,15-16,21,27H,7-8,12-14,26H2,1-4H3,(H,28,29,30,31). The van der Waals surface area contributed by atoms with Gasteiger partial charge in [0.1, 0.15) is 11.6 Å². The number of rotatable bonds is 6. The fourth-order valence-electron chi connectivity index (χ4n) is 5.22. The first kappa shape index (κ1) is 24.5. The smallest absolute Gasteiger partial charge is 0.226 e. The zero-order chi connectivity index (χ0) is 25.6. The van der Waals surface area contributed by atoms with Crippen LogP contribution in [0.25, 0.3) is 10.8 Å². The molecule has 0 bridgehead atoms. The first-order valence-corrected chi connectivity index (χ1v) is 14.0. The van der Waals surface area contributed by atoms with Crippen molar-refractivity contribution in [2.45, 2.75) is 25.0 Å². The summed E-state index contributed by atoms with van der Waals surface area (Å²) in [6, 6.07) is 5.85. The zero-order valence-electron chi connectivity index (χ0n) is 21.2. The van der Waals surface area contributed by atoms with Gasteiger partial charge in [0.25, 0.3) is 0 Å². The second-order valence-corrected chi connectivity index (χ2v) is 12.5. The largest absolute Gasteiger partial charge is 0.398 e. The number of nitrogens with two attached hydrogens (primary N) is 1. The summed E-state index contributed by atoms with van der Waals surface area (Å²) < 4.78 is 25.2.